The second-order valence-corrected chi connectivity index (χ2v) is 4.46. The van der Waals surface area contributed by atoms with E-state index in [0.29, 0.717) is 5.69 Å². The number of hydrogen-bond donors (Lipinski definition) is 2. The summed E-state index contributed by atoms with van der Waals surface area (Å²) < 4.78 is 0. The van der Waals surface area contributed by atoms with Crippen LogP contribution in [0.5, 0.6) is 0 Å². The lowest BCUT2D eigenvalue weighted by Gasteiger charge is -2.17. The van der Waals surface area contributed by atoms with Gasteiger partial charge in [-0.3, -0.25) is 19.7 Å². The first kappa shape index (κ1) is 17.1. The van der Waals surface area contributed by atoms with Gasteiger partial charge >= 0.3 is 0 Å². The maximum Gasteiger partial charge on any atom is 0.269 e. The van der Waals surface area contributed by atoms with E-state index in [9.17, 15) is 29.6 Å². The molecular formula is C13H14N3O6-. The van der Waals surface area contributed by atoms with Gasteiger partial charge in [0.05, 0.1) is 4.92 Å². The number of amides is 2. The molecule has 0 heterocycles. The van der Waals surface area contributed by atoms with Crippen LogP contribution in [0.25, 0.3) is 0 Å². The molecule has 0 fully saturated rings. The Morgan fingerprint density at radius 1 is 1.23 bits per heavy atom. The van der Waals surface area contributed by atoms with E-state index in [0.717, 1.165) is 0 Å². The zero-order chi connectivity index (χ0) is 16.7. The van der Waals surface area contributed by atoms with Gasteiger partial charge in [-0.15, -0.1) is 0 Å². The summed E-state index contributed by atoms with van der Waals surface area (Å²) in [5.41, 5.74) is 0.160. The number of nitro benzene ring substituents is 1. The number of non-ortho nitro benzene ring substituents is 1. The van der Waals surface area contributed by atoms with Crippen LogP contribution in [0, 0.1) is 10.1 Å². The molecule has 1 atom stereocenters. The molecular weight excluding hydrogens is 294 g/mol. The first-order chi connectivity index (χ1) is 10.3. The highest BCUT2D eigenvalue weighted by atomic mass is 16.6. The Kier molecular flexibility index (Phi) is 5.99. The first-order valence-corrected chi connectivity index (χ1v) is 6.32. The number of carbonyl (C=O) groups excluding carboxylic acids is 3. The highest BCUT2D eigenvalue weighted by Crippen LogP contribution is 2.15. The molecule has 1 aromatic carbocycles. The Morgan fingerprint density at radius 3 is 2.27 bits per heavy atom. The molecule has 0 unspecified atom stereocenters. The number of aliphatic carboxylic acids is 1. The Bertz CT molecular complexity index is 584. The van der Waals surface area contributed by atoms with E-state index in [1.807, 2.05) is 0 Å². The fourth-order valence-corrected chi connectivity index (χ4v) is 1.67. The fourth-order valence-electron chi connectivity index (χ4n) is 1.67. The minimum absolute atomic E-state index is 0.124. The molecule has 22 heavy (non-hydrogen) atoms. The molecule has 9 nitrogen and oxygen atoms in total. The van der Waals surface area contributed by atoms with Crippen molar-refractivity contribution in [3.63, 3.8) is 0 Å². The van der Waals surface area contributed by atoms with E-state index in [1.54, 1.807) is 0 Å². The Morgan fingerprint density at radius 2 is 1.82 bits per heavy atom. The minimum Gasteiger partial charge on any atom is -0.550 e. The number of nitro groups is 1. The molecule has 1 rings (SSSR count). The topological polar surface area (TPSA) is 141 Å². The third kappa shape index (κ3) is 5.57. The molecule has 0 aromatic heterocycles. The summed E-state index contributed by atoms with van der Waals surface area (Å²) in [6, 6.07) is 4.05. The van der Waals surface area contributed by atoms with Gasteiger partial charge in [0.1, 0.15) is 6.04 Å². The molecule has 0 saturated heterocycles. The maximum absolute atomic E-state index is 12.0. The van der Waals surface area contributed by atoms with Crippen LogP contribution in [0.4, 0.5) is 11.4 Å². The molecule has 0 spiro atoms. The van der Waals surface area contributed by atoms with Gasteiger partial charge in [0.25, 0.3) is 5.69 Å². The minimum atomic E-state index is -1.33. The van der Waals surface area contributed by atoms with Crippen molar-refractivity contribution in [2.45, 2.75) is 25.8 Å². The maximum atomic E-state index is 12.0. The van der Waals surface area contributed by atoms with Crippen LogP contribution < -0.4 is 15.7 Å². The molecule has 118 valence electrons. The molecule has 0 aliphatic heterocycles. The molecule has 1 aromatic rings. The zero-order valence-corrected chi connectivity index (χ0v) is 11.7. The summed E-state index contributed by atoms with van der Waals surface area (Å²) >= 11 is 0. The number of rotatable bonds is 7. The number of nitrogens with zero attached hydrogens (tertiary/aromatic N) is 1. The van der Waals surface area contributed by atoms with E-state index in [1.165, 1.54) is 31.2 Å². The van der Waals surface area contributed by atoms with Gasteiger partial charge in [0.2, 0.25) is 11.8 Å². The molecule has 9 heteroatoms. The summed E-state index contributed by atoms with van der Waals surface area (Å²) in [5.74, 6) is -2.44. The lowest BCUT2D eigenvalue weighted by atomic mass is 10.1. The first-order valence-electron chi connectivity index (χ1n) is 6.32. The third-order valence-electron chi connectivity index (χ3n) is 2.68. The molecule has 0 saturated carbocycles. The number of carboxylic acid groups (broad SMARTS) is 1. The number of benzene rings is 1. The largest absolute Gasteiger partial charge is 0.550 e. The predicted octanol–water partition coefficient (Wildman–Crippen LogP) is -0.432. The summed E-state index contributed by atoms with van der Waals surface area (Å²) in [7, 11) is 0. The standard InChI is InChI=1S/C13H15N3O6/c1-8(17)14-11(6-7-12(18)19)13(20)15-9-2-4-10(5-3-9)16(21)22/h2-5,11H,6-7H2,1H3,(H,14,17)(H,15,20)(H,18,19)/p-1/t11-/m0/s1. The quantitative estimate of drug-likeness (QED) is 0.517. The monoisotopic (exact) mass is 308 g/mol. The fraction of sp³-hybridized carbons (Fsp3) is 0.308. The number of nitrogens with one attached hydrogen (secondary N) is 2. The smallest absolute Gasteiger partial charge is 0.269 e. The van der Waals surface area contributed by atoms with E-state index in [2.05, 4.69) is 10.6 Å². The third-order valence-corrected chi connectivity index (χ3v) is 2.68. The van der Waals surface area contributed by atoms with E-state index in [4.69, 9.17) is 0 Å². The number of hydrogen-bond acceptors (Lipinski definition) is 6. The van der Waals surface area contributed by atoms with Crippen LogP contribution in [0.2, 0.25) is 0 Å². The molecule has 0 radical (unpaired) electrons. The lowest BCUT2D eigenvalue weighted by Crippen LogP contribution is -2.43. The lowest BCUT2D eigenvalue weighted by molar-refractivity contribution is -0.384. The second kappa shape index (κ2) is 7.72. The Balaban J connectivity index is 2.74. The van der Waals surface area contributed by atoms with Crippen LogP contribution in [0.1, 0.15) is 19.8 Å². The summed E-state index contributed by atoms with van der Waals surface area (Å²) in [4.78, 5) is 43.4. The summed E-state index contributed by atoms with van der Waals surface area (Å²) in [6.45, 7) is 1.20. The van der Waals surface area contributed by atoms with Crippen LogP contribution in [0.15, 0.2) is 24.3 Å². The summed E-state index contributed by atoms with van der Waals surface area (Å²) in [6.07, 6.45) is -0.515. The highest BCUT2D eigenvalue weighted by molar-refractivity contribution is 5.97. The predicted molar refractivity (Wildman–Crippen MR) is 73.6 cm³/mol. The Hall–Kier alpha value is -2.97. The van der Waals surface area contributed by atoms with Crippen molar-refractivity contribution in [1.82, 2.24) is 5.32 Å². The van der Waals surface area contributed by atoms with Gasteiger partial charge in [0.15, 0.2) is 0 Å². The number of anilines is 1. The van der Waals surface area contributed by atoms with E-state index in [-0.39, 0.29) is 12.1 Å². The Labute approximate surface area is 125 Å². The summed E-state index contributed by atoms with van der Waals surface area (Å²) in [5, 5.41) is 25.8. The van der Waals surface area contributed by atoms with Gasteiger partial charge < -0.3 is 20.5 Å². The second-order valence-electron chi connectivity index (χ2n) is 4.46. The van der Waals surface area contributed by atoms with Crippen molar-refractivity contribution in [3.8, 4) is 0 Å². The van der Waals surface area contributed by atoms with Crippen molar-refractivity contribution in [3.05, 3.63) is 34.4 Å². The molecule has 0 aliphatic rings. The van der Waals surface area contributed by atoms with Gasteiger partial charge in [-0.2, -0.15) is 0 Å². The van der Waals surface area contributed by atoms with Crippen molar-refractivity contribution in [1.29, 1.82) is 0 Å². The van der Waals surface area contributed by atoms with Gasteiger partial charge in [0, 0.05) is 30.7 Å². The van der Waals surface area contributed by atoms with Crippen molar-refractivity contribution >= 4 is 29.2 Å². The molecule has 2 amide bonds. The normalized spacial score (nSPS) is 11.3. The number of carboxylic acids is 1. The molecule has 0 bridgehead atoms. The SMILES string of the molecule is CC(=O)N[C@@H](CCC(=O)[O-])C(=O)Nc1ccc([N+](=O)[O-])cc1. The van der Waals surface area contributed by atoms with Crippen LogP contribution in [0.3, 0.4) is 0 Å². The van der Waals surface area contributed by atoms with Crippen LogP contribution >= 0.6 is 0 Å². The van der Waals surface area contributed by atoms with Crippen LogP contribution in [-0.4, -0.2) is 28.7 Å². The average molecular weight is 308 g/mol. The van der Waals surface area contributed by atoms with Crippen molar-refractivity contribution < 1.29 is 24.4 Å². The van der Waals surface area contributed by atoms with Crippen molar-refractivity contribution in [2.24, 2.45) is 0 Å². The zero-order valence-electron chi connectivity index (χ0n) is 11.7. The molecule has 0 aliphatic carbocycles. The number of carbonyl (C=O) groups is 3. The van der Waals surface area contributed by atoms with Gasteiger partial charge in [-0.1, -0.05) is 0 Å². The highest BCUT2D eigenvalue weighted by Gasteiger charge is 2.19. The van der Waals surface area contributed by atoms with E-state index < -0.39 is 35.2 Å². The van der Waals surface area contributed by atoms with Gasteiger partial charge in [-0.05, 0) is 25.0 Å². The molecule has 2 N–H and O–H groups in total. The van der Waals surface area contributed by atoms with E-state index >= 15 is 0 Å². The van der Waals surface area contributed by atoms with Crippen molar-refractivity contribution in [2.75, 3.05) is 5.32 Å². The average Bonchev–Trinajstić information content (AvgIpc) is 2.43. The van der Waals surface area contributed by atoms with Crippen LogP contribution in [-0.2, 0) is 14.4 Å². The van der Waals surface area contributed by atoms with Gasteiger partial charge in [-0.25, -0.2) is 0 Å².